The van der Waals surface area contributed by atoms with Crippen molar-refractivity contribution in [1.29, 1.82) is 0 Å². The topological polar surface area (TPSA) is 113 Å². The lowest BCUT2D eigenvalue weighted by atomic mass is 10.0. The van der Waals surface area contributed by atoms with E-state index in [-0.39, 0.29) is 24.4 Å². The molecule has 1 aromatic carbocycles. The molecule has 1 unspecified atom stereocenters. The molecule has 1 aliphatic heterocycles. The number of hydrogen-bond acceptors (Lipinski definition) is 4. The summed E-state index contributed by atoms with van der Waals surface area (Å²) in [7, 11) is -4.33. The van der Waals surface area contributed by atoms with Gasteiger partial charge in [0.15, 0.2) is 0 Å². The van der Waals surface area contributed by atoms with Crippen LogP contribution in [0, 0.1) is 5.82 Å². The van der Waals surface area contributed by atoms with Gasteiger partial charge in [-0.15, -0.1) is 0 Å². The fourth-order valence-electron chi connectivity index (χ4n) is 2.48. The van der Waals surface area contributed by atoms with Gasteiger partial charge in [0, 0.05) is 12.1 Å². The number of rotatable bonds is 7. The van der Waals surface area contributed by atoms with Crippen LogP contribution in [-0.4, -0.2) is 31.4 Å². The Kier molecular flexibility index (Phi) is 5.55. The van der Waals surface area contributed by atoms with Gasteiger partial charge in [-0.2, -0.15) is 4.72 Å². The second-order valence-electron chi connectivity index (χ2n) is 5.64. The number of amides is 1. The number of sulfonamides is 1. The maximum Gasteiger partial charge on any atom is 0.321 e. The van der Waals surface area contributed by atoms with Crippen LogP contribution in [0.25, 0.3) is 0 Å². The zero-order valence-electron chi connectivity index (χ0n) is 13.1. The highest BCUT2D eigenvalue weighted by atomic mass is 32.2. The number of nitrogens with one attached hydrogen (secondary N) is 2. The van der Waals surface area contributed by atoms with Gasteiger partial charge in [-0.3, -0.25) is 9.59 Å². The van der Waals surface area contributed by atoms with Crippen LogP contribution in [0.15, 0.2) is 17.0 Å². The van der Waals surface area contributed by atoms with E-state index in [1.807, 2.05) is 11.6 Å². The summed E-state index contributed by atoms with van der Waals surface area (Å²) in [5.41, 5.74) is 0.736. The maximum absolute atomic E-state index is 14.2. The summed E-state index contributed by atoms with van der Waals surface area (Å²) < 4.78 is 41.0. The van der Waals surface area contributed by atoms with Crippen molar-refractivity contribution in [3.63, 3.8) is 0 Å². The Balaban J connectivity index is 2.31. The average Bonchev–Trinajstić information content (AvgIpc) is 2.50. The average molecular weight is 358 g/mol. The lowest BCUT2D eigenvalue weighted by molar-refractivity contribution is -0.139. The van der Waals surface area contributed by atoms with E-state index < -0.39 is 32.7 Å². The lowest BCUT2D eigenvalue weighted by Crippen LogP contribution is -2.41. The monoisotopic (exact) mass is 358 g/mol. The number of benzene rings is 1. The lowest BCUT2D eigenvalue weighted by Gasteiger charge is -2.19. The summed E-state index contributed by atoms with van der Waals surface area (Å²) >= 11 is 0. The molecule has 9 heteroatoms. The Bertz CT molecular complexity index is 763. The number of aryl methyl sites for hydroxylation is 1. The Morgan fingerprint density at radius 2 is 2.12 bits per heavy atom. The van der Waals surface area contributed by atoms with E-state index in [0.717, 1.165) is 12.1 Å². The molecule has 1 heterocycles. The highest BCUT2D eigenvalue weighted by Crippen LogP contribution is 2.28. The van der Waals surface area contributed by atoms with Gasteiger partial charge in [-0.25, -0.2) is 12.8 Å². The molecular weight excluding hydrogens is 339 g/mol. The number of carbonyl (C=O) groups excluding carboxylic acids is 1. The van der Waals surface area contributed by atoms with Crippen LogP contribution < -0.4 is 10.0 Å². The molecule has 0 bridgehead atoms. The molecule has 0 radical (unpaired) electrons. The molecule has 132 valence electrons. The molecule has 0 spiro atoms. The summed E-state index contributed by atoms with van der Waals surface area (Å²) in [5.74, 6) is -2.61. The van der Waals surface area contributed by atoms with Crippen LogP contribution in [0.2, 0.25) is 0 Å². The number of fused-ring (bicyclic) bond motifs is 1. The molecule has 3 N–H and O–H groups in total. The van der Waals surface area contributed by atoms with Crippen LogP contribution in [0.4, 0.5) is 10.1 Å². The molecule has 0 saturated heterocycles. The second-order valence-corrected chi connectivity index (χ2v) is 7.32. The van der Waals surface area contributed by atoms with Crippen molar-refractivity contribution in [3.05, 3.63) is 23.5 Å². The van der Waals surface area contributed by atoms with Crippen LogP contribution in [0.1, 0.15) is 38.2 Å². The summed E-state index contributed by atoms with van der Waals surface area (Å²) in [6, 6.07) is 0.776. The van der Waals surface area contributed by atoms with Crippen molar-refractivity contribution in [3.8, 4) is 0 Å². The van der Waals surface area contributed by atoms with Crippen molar-refractivity contribution in [1.82, 2.24) is 4.72 Å². The minimum absolute atomic E-state index is 0.119. The maximum atomic E-state index is 14.2. The first-order valence-corrected chi connectivity index (χ1v) is 9.10. The molecule has 1 amide bonds. The molecule has 7 nitrogen and oxygen atoms in total. The number of carboxylic acids is 1. The Morgan fingerprint density at radius 1 is 1.42 bits per heavy atom. The third kappa shape index (κ3) is 4.09. The zero-order valence-corrected chi connectivity index (χ0v) is 14.0. The molecule has 1 atom stereocenters. The van der Waals surface area contributed by atoms with E-state index in [0.29, 0.717) is 24.8 Å². The van der Waals surface area contributed by atoms with Gasteiger partial charge in [0.25, 0.3) is 0 Å². The quantitative estimate of drug-likeness (QED) is 0.686. The SMILES string of the molecule is CCCCC(NS(=O)(=O)c1cc2c(cc1F)NC(=O)CC2)C(=O)O. The first kappa shape index (κ1) is 18.3. The van der Waals surface area contributed by atoms with Gasteiger partial charge in [0.2, 0.25) is 15.9 Å². The van der Waals surface area contributed by atoms with E-state index >= 15 is 0 Å². The molecule has 0 aromatic heterocycles. The van der Waals surface area contributed by atoms with E-state index in [9.17, 15) is 22.4 Å². The fraction of sp³-hybridized carbons (Fsp3) is 0.467. The Labute approximate surface area is 139 Å². The third-order valence-corrected chi connectivity index (χ3v) is 5.27. The van der Waals surface area contributed by atoms with E-state index in [1.165, 1.54) is 0 Å². The molecule has 0 saturated carbocycles. The van der Waals surface area contributed by atoms with Crippen molar-refractivity contribution in [2.24, 2.45) is 0 Å². The molecule has 1 aliphatic rings. The van der Waals surface area contributed by atoms with Gasteiger partial charge < -0.3 is 10.4 Å². The third-order valence-electron chi connectivity index (χ3n) is 3.78. The van der Waals surface area contributed by atoms with Gasteiger partial charge >= 0.3 is 5.97 Å². The number of halogens is 1. The van der Waals surface area contributed by atoms with Crippen LogP contribution in [0.3, 0.4) is 0 Å². The minimum atomic E-state index is -4.33. The van der Waals surface area contributed by atoms with Gasteiger partial charge in [-0.1, -0.05) is 19.8 Å². The normalized spacial score (nSPS) is 15.5. The van der Waals surface area contributed by atoms with Crippen molar-refractivity contribution >= 4 is 27.6 Å². The van der Waals surface area contributed by atoms with Crippen LogP contribution in [-0.2, 0) is 26.0 Å². The number of hydrogen-bond donors (Lipinski definition) is 3. The number of anilines is 1. The summed E-state index contributed by atoms with van der Waals surface area (Å²) in [6.45, 7) is 1.85. The summed E-state index contributed by atoms with van der Waals surface area (Å²) in [6.07, 6.45) is 1.83. The van der Waals surface area contributed by atoms with Crippen molar-refractivity contribution < 1.29 is 27.5 Å². The largest absolute Gasteiger partial charge is 0.480 e. The van der Waals surface area contributed by atoms with Crippen molar-refractivity contribution in [2.75, 3.05) is 5.32 Å². The summed E-state index contributed by atoms with van der Waals surface area (Å²) in [4.78, 5) is 21.9. The van der Waals surface area contributed by atoms with Crippen LogP contribution >= 0.6 is 0 Å². The predicted molar refractivity (Wildman–Crippen MR) is 84.6 cm³/mol. The highest BCUT2D eigenvalue weighted by molar-refractivity contribution is 7.89. The fourth-order valence-corrected chi connectivity index (χ4v) is 3.81. The van der Waals surface area contributed by atoms with Gasteiger partial charge in [0.1, 0.15) is 16.8 Å². The molecular formula is C15H19FN2O5S. The molecule has 0 fully saturated rings. The van der Waals surface area contributed by atoms with Crippen LogP contribution in [0.5, 0.6) is 0 Å². The zero-order chi connectivity index (χ0) is 17.9. The Morgan fingerprint density at radius 3 is 2.75 bits per heavy atom. The van der Waals surface area contributed by atoms with E-state index in [1.54, 1.807) is 0 Å². The van der Waals surface area contributed by atoms with E-state index in [4.69, 9.17) is 5.11 Å². The highest BCUT2D eigenvalue weighted by Gasteiger charge is 2.29. The number of carbonyl (C=O) groups is 2. The molecule has 2 rings (SSSR count). The van der Waals surface area contributed by atoms with Gasteiger partial charge in [0.05, 0.1) is 0 Å². The summed E-state index contributed by atoms with van der Waals surface area (Å²) in [5, 5.41) is 11.6. The second kappa shape index (κ2) is 7.27. The predicted octanol–water partition coefficient (Wildman–Crippen LogP) is 1.63. The molecule has 0 aliphatic carbocycles. The number of aliphatic carboxylic acids is 1. The number of carboxylic acid groups (broad SMARTS) is 1. The Hall–Kier alpha value is -2.00. The smallest absolute Gasteiger partial charge is 0.321 e. The van der Waals surface area contributed by atoms with E-state index in [2.05, 4.69) is 5.32 Å². The minimum Gasteiger partial charge on any atom is -0.480 e. The van der Waals surface area contributed by atoms with Gasteiger partial charge in [-0.05, 0) is 30.5 Å². The first-order valence-electron chi connectivity index (χ1n) is 7.62. The number of unbranched alkanes of at least 4 members (excludes halogenated alkanes) is 1. The standard InChI is InChI=1S/C15H19FN2O5S/c1-2-3-4-11(15(20)21)18-24(22,23)13-7-9-5-6-14(19)17-12(9)8-10(13)16/h7-8,11,18H,2-6H2,1H3,(H,17,19)(H,20,21). The molecule has 24 heavy (non-hydrogen) atoms. The molecule has 1 aromatic rings. The van der Waals surface area contributed by atoms with Crippen molar-refractivity contribution in [2.45, 2.75) is 50.0 Å². The first-order chi connectivity index (χ1) is 11.2.